The van der Waals surface area contributed by atoms with E-state index in [2.05, 4.69) is 75.7 Å². The number of benzene rings is 3. The summed E-state index contributed by atoms with van der Waals surface area (Å²) in [5.74, 6) is 2.97. The van der Waals surface area contributed by atoms with E-state index in [1.165, 1.54) is 16.7 Å². The lowest BCUT2D eigenvalue weighted by Gasteiger charge is -2.16. The van der Waals surface area contributed by atoms with Crippen molar-refractivity contribution in [3.8, 4) is 23.3 Å². The second-order valence-corrected chi connectivity index (χ2v) is 12.9. The first-order valence-corrected chi connectivity index (χ1v) is 13.8. The molecule has 0 amide bonds. The number of ether oxygens (including phenoxy) is 3. The Labute approximate surface area is 247 Å². The van der Waals surface area contributed by atoms with E-state index >= 15 is 0 Å². The van der Waals surface area contributed by atoms with Crippen molar-refractivity contribution >= 4 is 28.3 Å². The molecule has 0 saturated heterocycles. The maximum absolute atomic E-state index is 8.71. The third-order valence-corrected chi connectivity index (χ3v) is 7.07. The molecule has 6 rings (SSSR count). The number of hydrogen-bond acceptors (Lipinski definition) is 5. The van der Waals surface area contributed by atoms with Crippen molar-refractivity contribution in [1.29, 1.82) is 5.26 Å². The van der Waals surface area contributed by atoms with Gasteiger partial charge in [0.2, 0.25) is 0 Å². The van der Waals surface area contributed by atoms with Crippen LogP contribution in [0.2, 0.25) is 0 Å². The Morgan fingerprint density at radius 3 is 1.64 bits per heavy atom. The van der Waals surface area contributed by atoms with Gasteiger partial charge in [-0.2, -0.15) is 5.26 Å². The summed E-state index contributed by atoms with van der Waals surface area (Å²) in [6.07, 6.45) is 2.87. The Kier molecular flexibility index (Phi) is 9.32. The van der Waals surface area contributed by atoms with E-state index in [1.807, 2.05) is 36.4 Å². The van der Waals surface area contributed by atoms with Gasteiger partial charge in [-0.15, -0.1) is 12.4 Å². The second kappa shape index (κ2) is 11.8. The third kappa shape index (κ3) is 7.91. The molecule has 3 aliphatic heterocycles. The molecule has 0 radical (unpaired) electrons. The SMILES string of the molecule is CC1(C)Cc2cc(Br)ccc2O1.CC1(C)Cc2cc(C#N)ccc2O1.CC1(C)Cc2cc(CN)ccc2O1.Cl. The van der Waals surface area contributed by atoms with Crippen LogP contribution in [0.5, 0.6) is 17.2 Å². The molecule has 0 unspecified atom stereocenters. The van der Waals surface area contributed by atoms with Gasteiger partial charge in [0, 0.05) is 30.3 Å². The first-order chi connectivity index (χ1) is 17.8. The molecule has 0 aromatic heterocycles. The topological polar surface area (TPSA) is 77.5 Å². The van der Waals surface area contributed by atoms with Crippen LogP contribution in [-0.2, 0) is 25.8 Å². The maximum Gasteiger partial charge on any atom is 0.123 e. The highest BCUT2D eigenvalue weighted by atomic mass is 79.9. The van der Waals surface area contributed by atoms with Crippen LogP contribution < -0.4 is 19.9 Å². The maximum atomic E-state index is 8.71. The summed E-state index contributed by atoms with van der Waals surface area (Å²) in [7, 11) is 0. The van der Waals surface area contributed by atoms with Gasteiger partial charge < -0.3 is 19.9 Å². The lowest BCUT2D eigenvalue weighted by molar-refractivity contribution is 0.138. The number of nitriles is 1. The highest BCUT2D eigenvalue weighted by Crippen LogP contribution is 2.37. The lowest BCUT2D eigenvalue weighted by atomic mass is 10.0. The van der Waals surface area contributed by atoms with Gasteiger partial charge in [-0.25, -0.2) is 0 Å². The van der Waals surface area contributed by atoms with E-state index in [0.29, 0.717) is 12.1 Å². The molecule has 5 nitrogen and oxygen atoms in total. The van der Waals surface area contributed by atoms with Crippen LogP contribution in [-0.4, -0.2) is 16.8 Å². The summed E-state index contributed by atoms with van der Waals surface area (Å²) < 4.78 is 18.3. The van der Waals surface area contributed by atoms with E-state index in [9.17, 15) is 0 Å². The quantitative estimate of drug-likeness (QED) is 0.304. The Hall–Kier alpha value is -2.72. The molecular weight excluding hydrogens is 576 g/mol. The monoisotopic (exact) mass is 612 g/mol. The van der Waals surface area contributed by atoms with Gasteiger partial charge in [0.05, 0.1) is 11.6 Å². The van der Waals surface area contributed by atoms with Crippen molar-refractivity contribution in [2.45, 2.75) is 84.2 Å². The zero-order valence-corrected chi connectivity index (χ0v) is 26.0. The molecule has 7 heteroatoms. The standard InChI is InChI=1S/C11H15NO.C11H11NO.C10H11BrO.ClH/c2*1-11(2)6-9-5-8(7-12)3-4-10(9)13-11;1-10(2)6-7-5-8(11)3-4-9(7)12-10;/h3-5H,6-7,12H2,1-2H3;3-5H,6H2,1-2H3;3-5H,6H2,1-2H3;1H. The van der Waals surface area contributed by atoms with Crippen LogP contribution in [0.3, 0.4) is 0 Å². The number of nitrogens with zero attached hydrogens (tertiary/aromatic N) is 1. The average Bonchev–Trinajstić information content (AvgIpc) is 3.43. The van der Waals surface area contributed by atoms with Gasteiger partial charge in [0.25, 0.3) is 0 Å². The molecule has 0 saturated carbocycles. The van der Waals surface area contributed by atoms with Gasteiger partial charge in [-0.05, 0) is 106 Å². The summed E-state index contributed by atoms with van der Waals surface area (Å²) in [4.78, 5) is 0. The van der Waals surface area contributed by atoms with Gasteiger partial charge in [-0.1, -0.05) is 28.1 Å². The zero-order chi connectivity index (χ0) is 27.7. The fourth-order valence-corrected chi connectivity index (χ4v) is 5.46. The molecule has 2 N–H and O–H groups in total. The summed E-state index contributed by atoms with van der Waals surface area (Å²) in [6, 6.07) is 20.1. The number of hydrogen-bond donors (Lipinski definition) is 1. The number of rotatable bonds is 1. The molecule has 3 aromatic rings. The number of fused-ring (bicyclic) bond motifs is 3. The molecular formula is C32H38BrClN2O3. The molecule has 0 atom stereocenters. The van der Waals surface area contributed by atoms with Crippen LogP contribution in [0, 0.1) is 11.3 Å². The minimum Gasteiger partial charge on any atom is -0.487 e. The van der Waals surface area contributed by atoms with Crippen LogP contribution >= 0.6 is 28.3 Å². The highest BCUT2D eigenvalue weighted by molar-refractivity contribution is 9.10. The van der Waals surface area contributed by atoms with E-state index in [0.717, 1.165) is 46.5 Å². The molecule has 0 spiro atoms. The number of halogens is 2. The van der Waals surface area contributed by atoms with Gasteiger partial charge >= 0.3 is 0 Å². The smallest absolute Gasteiger partial charge is 0.123 e. The summed E-state index contributed by atoms with van der Waals surface area (Å²) in [5.41, 5.74) is 11.0. The lowest BCUT2D eigenvalue weighted by Crippen LogP contribution is -2.24. The van der Waals surface area contributed by atoms with Crippen LogP contribution in [0.25, 0.3) is 0 Å². The third-order valence-electron chi connectivity index (χ3n) is 6.58. The summed E-state index contributed by atoms with van der Waals surface area (Å²) >= 11 is 3.45. The Morgan fingerprint density at radius 2 is 1.15 bits per heavy atom. The van der Waals surface area contributed by atoms with Crippen LogP contribution in [0.15, 0.2) is 59.1 Å². The molecule has 0 bridgehead atoms. The van der Waals surface area contributed by atoms with Gasteiger partial charge in [0.15, 0.2) is 0 Å². The molecule has 3 aromatic carbocycles. The normalized spacial score (nSPS) is 17.5. The molecule has 0 aliphatic carbocycles. The molecule has 3 aliphatic rings. The van der Waals surface area contributed by atoms with Crippen molar-refractivity contribution in [1.82, 2.24) is 0 Å². The highest BCUT2D eigenvalue weighted by Gasteiger charge is 2.31. The van der Waals surface area contributed by atoms with E-state index in [1.54, 1.807) is 6.07 Å². The minimum absolute atomic E-state index is 0. The molecule has 39 heavy (non-hydrogen) atoms. The Bertz CT molecular complexity index is 1380. The summed E-state index contributed by atoms with van der Waals surface area (Å²) in [5, 5.41) is 8.71. The molecule has 3 heterocycles. The van der Waals surface area contributed by atoms with E-state index < -0.39 is 0 Å². The van der Waals surface area contributed by atoms with Crippen molar-refractivity contribution in [3.05, 3.63) is 86.9 Å². The Morgan fingerprint density at radius 1 is 0.718 bits per heavy atom. The number of nitrogens with two attached hydrogens (primary N) is 1. The molecule has 0 fully saturated rings. The van der Waals surface area contributed by atoms with Crippen LogP contribution in [0.4, 0.5) is 0 Å². The fourth-order valence-electron chi connectivity index (χ4n) is 5.05. The van der Waals surface area contributed by atoms with E-state index in [4.69, 9.17) is 25.2 Å². The predicted molar refractivity (Wildman–Crippen MR) is 162 cm³/mol. The first kappa shape index (κ1) is 30.8. The minimum atomic E-state index is -0.115. The van der Waals surface area contributed by atoms with Crippen molar-refractivity contribution < 1.29 is 14.2 Å². The molecule has 208 valence electrons. The van der Waals surface area contributed by atoms with E-state index in [-0.39, 0.29) is 29.2 Å². The van der Waals surface area contributed by atoms with Crippen molar-refractivity contribution in [2.24, 2.45) is 5.73 Å². The average molecular weight is 614 g/mol. The second-order valence-electron chi connectivity index (χ2n) is 11.9. The van der Waals surface area contributed by atoms with Gasteiger partial charge in [0.1, 0.15) is 34.1 Å². The van der Waals surface area contributed by atoms with Crippen molar-refractivity contribution in [2.75, 3.05) is 0 Å². The Balaban J connectivity index is 0.000000160. The largest absolute Gasteiger partial charge is 0.487 e. The first-order valence-electron chi connectivity index (χ1n) is 13.0. The van der Waals surface area contributed by atoms with Crippen LogP contribution in [0.1, 0.15) is 69.4 Å². The fraction of sp³-hybridized carbons (Fsp3) is 0.406. The van der Waals surface area contributed by atoms with Gasteiger partial charge in [-0.3, -0.25) is 0 Å². The summed E-state index contributed by atoms with van der Waals surface area (Å²) in [6.45, 7) is 13.2. The predicted octanol–water partition coefficient (Wildman–Crippen LogP) is 7.71. The van der Waals surface area contributed by atoms with Crippen molar-refractivity contribution in [3.63, 3.8) is 0 Å². The zero-order valence-electron chi connectivity index (χ0n) is 23.6.